The van der Waals surface area contributed by atoms with Crippen LogP contribution in [0.2, 0.25) is 0 Å². The Morgan fingerprint density at radius 3 is 2.85 bits per heavy atom. The first-order chi connectivity index (χ1) is 16.1. The molecule has 0 amide bonds. The van der Waals surface area contributed by atoms with Crippen molar-refractivity contribution in [3.05, 3.63) is 47.9 Å². The number of likely N-dealkylation sites (tertiary alicyclic amines) is 1. The normalized spacial score (nSPS) is 16.3. The predicted octanol–water partition coefficient (Wildman–Crippen LogP) is 3.18. The quantitative estimate of drug-likeness (QED) is 0.264. The van der Waals surface area contributed by atoms with E-state index in [1.165, 1.54) is 0 Å². The smallest absolute Gasteiger partial charge is 0.226 e. The highest BCUT2D eigenvalue weighted by atomic mass is 19.1. The molecular weight excluding hydrogens is 423 g/mol. The molecule has 1 aromatic carbocycles. The molecule has 0 spiro atoms. The predicted molar refractivity (Wildman–Crippen MR) is 129 cm³/mol. The number of rotatable bonds is 8. The number of aryl methyl sites for hydroxylation is 1. The van der Waals surface area contributed by atoms with E-state index < -0.39 is 0 Å². The van der Waals surface area contributed by atoms with Gasteiger partial charge in [-0.15, -0.1) is 5.10 Å². The summed E-state index contributed by atoms with van der Waals surface area (Å²) in [5.74, 6) is 1.09. The molecule has 0 saturated carbocycles. The topological polar surface area (TPSA) is 65.8 Å². The molecule has 4 rings (SSSR count). The lowest BCUT2D eigenvalue weighted by atomic mass is 9.97. The van der Waals surface area contributed by atoms with Crippen LogP contribution in [0.1, 0.15) is 18.9 Å². The Morgan fingerprint density at radius 1 is 1.30 bits per heavy atom. The van der Waals surface area contributed by atoms with E-state index in [1.54, 1.807) is 25.4 Å². The van der Waals surface area contributed by atoms with E-state index in [0.29, 0.717) is 37.6 Å². The molecule has 1 saturated heterocycles. The van der Waals surface area contributed by atoms with E-state index in [-0.39, 0.29) is 5.82 Å². The third-order valence-corrected chi connectivity index (χ3v) is 6.09. The molecule has 2 aliphatic rings. The molecule has 176 valence electrons. The average molecular weight is 455 g/mol. The van der Waals surface area contributed by atoms with Crippen LogP contribution in [0.4, 0.5) is 15.8 Å². The average Bonchev–Trinajstić information content (AvgIpc) is 2.80. The fraction of sp³-hybridized carbons (Fsp3) is 0.458. The summed E-state index contributed by atoms with van der Waals surface area (Å²) in [5, 5.41) is 8.22. The molecule has 2 aliphatic heterocycles. The summed E-state index contributed by atoms with van der Waals surface area (Å²) < 4.78 is 24.5. The van der Waals surface area contributed by atoms with Gasteiger partial charge in [-0.2, -0.15) is 5.10 Å². The molecule has 0 aliphatic carbocycles. The fourth-order valence-corrected chi connectivity index (χ4v) is 4.44. The Hall–Kier alpha value is -3.20. The second-order valence-corrected chi connectivity index (χ2v) is 8.08. The van der Waals surface area contributed by atoms with Gasteiger partial charge in [0.05, 0.1) is 31.6 Å². The summed E-state index contributed by atoms with van der Waals surface area (Å²) in [6, 6.07) is 9.22. The fourth-order valence-electron chi connectivity index (χ4n) is 4.44. The molecule has 33 heavy (non-hydrogen) atoms. The maximum absolute atomic E-state index is 13.7. The summed E-state index contributed by atoms with van der Waals surface area (Å²) in [6.07, 6.45) is 3.71. The highest BCUT2D eigenvalue weighted by Crippen LogP contribution is 2.32. The SMILES string of the molecule is C=N/N=C(/N1CC(N2CCCc3cc(F)ccc32)C1)N(CCOCC)c1ccc(OC)nc1. The van der Waals surface area contributed by atoms with Crippen LogP contribution in [0.15, 0.2) is 46.7 Å². The number of ether oxygens (including phenoxy) is 2. The zero-order valence-electron chi connectivity index (χ0n) is 19.3. The maximum atomic E-state index is 13.7. The van der Waals surface area contributed by atoms with Gasteiger partial charge in [0.25, 0.3) is 0 Å². The Kier molecular flexibility index (Phi) is 7.39. The van der Waals surface area contributed by atoms with Gasteiger partial charge >= 0.3 is 0 Å². The van der Waals surface area contributed by atoms with Crippen molar-refractivity contribution in [2.24, 2.45) is 10.2 Å². The van der Waals surface area contributed by atoms with Crippen LogP contribution < -0.4 is 14.5 Å². The lowest BCUT2D eigenvalue weighted by Crippen LogP contribution is -2.65. The molecule has 0 N–H and O–H groups in total. The largest absolute Gasteiger partial charge is 0.481 e. The molecule has 2 aromatic rings. The summed E-state index contributed by atoms with van der Waals surface area (Å²) in [7, 11) is 1.59. The first-order valence-corrected chi connectivity index (χ1v) is 11.3. The number of halogens is 1. The number of hydrogen-bond acceptors (Lipinski definition) is 6. The van der Waals surface area contributed by atoms with Crippen molar-refractivity contribution in [1.29, 1.82) is 0 Å². The lowest BCUT2D eigenvalue weighted by Gasteiger charge is -2.50. The zero-order valence-corrected chi connectivity index (χ0v) is 19.3. The van der Waals surface area contributed by atoms with Gasteiger partial charge in [0, 0.05) is 51.3 Å². The Morgan fingerprint density at radius 2 is 2.15 bits per heavy atom. The molecule has 0 unspecified atom stereocenters. The van der Waals surface area contributed by atoms with Gasteiger partial charge in [-0.1, -0.05) is 0 Å². The van der Waals surface area contributed by atoms with Crippen molar-refractivity contribution < 1.29 is 13.9 Å². The van der Waals surface area contributed by atoms with Crippen LogP contribution in [0, 0.1) is 5.82 Å². The summed E-state index contributed by atoms with van der Waals surface area (Å²) in [6.45, 7) is 9.90. The van der Waals surface area contributed by atoms with Crippen molar-refractivity contribution in [1.82, 2.24) is 9.88 Å². The van der Waals surface area contributed by atoms with Crippen LogP contribution in [-0.4, -0.2) is 75.1 Å². The van der Waals surface area contributed by atoms with E-state index in [0.717, 1.165) is 49.4 Å². The number of anilines is 2. The standard InChI is InChI=1S/C24H31FN6O2/c1-4-33-13-12-31(20-8-10-23(32-3)27-15-20)24(28-26-2)29-16-21(17-29)30-11-5-6-18-14-19(25)7-9-22(18)30/h7-10,14-15,21H,2,4-6,11-13,16-17H2,1,3H3/b28-24-. The van der Waals surface area contributed by atoms with Gasteiger partial charge in [0.1, 0.15) is 5.82 Å². The van der Waals surface area contributed by atoms with Gasteiger partial charge in [-0.25, -0.2) is 9.37 Å². The number of benzene rings is 1. The second-order valence-electron chi connectivity index (χ2n) is 8.08. The van der Waals surface area contributed by atoms with Gasteiger partial charge in [-0.3, -0.25) is 0 Å². The van der Waals surface area contributed by atoms with Crippen molar-refractivity contribution in [2.75, 3.05) is 56.3 Å². The van der Waals surface area contributed by atoms with Crippen molar-refractivity contribution in [2.45, 2.75) is 25.8 Å². The number of pyridine rings is 1. The van der Waals surface area contributed by atoms with Crippen LogP contribution in [0.5, 0.6) is 5.88 Å². The van der Waals surface area contributed by atoms with Crippen LogP contribution >= 0.6 is 0 Å². The van der Waals surface area contributed by atoms with E-state index in [9.17, 15) is 4.39 Å². The van der Waals surface area contributed by atoms with Crippen molar-refractivity contribution in [3.63, 3.8) is 0 Å². The van der Waals surface area contributed by atoms with Gasteiger partial charge in [0.2, 0.25) is 11.8 Å². The van der Waals surface area contributed by atoms with E-state index in [2.05, 4.69) is 31.7 Å². The first-order valence-electron chi connectivity index (χ1n) is 11.3. The number of nitrogens with zero attached hydrogens (tertiary/aromatic N) is 6. The molecular formula is C24H31FN6O2. The molecule has 3 heterocycles. The maximum Gasteiger partial charge on any atom is 0.226 e. The van der Waals surface area contributed by atoms with Gasteiger partial charge < -0.3 is 24.2 Å². The molecule has 8 nitrogen and oxygen atoms in total. The van der Waals surface area contributed by atoms with E-state index >= 15 is 0 Å². The van der Waals surface area contributed by atoms with Crippen molar-refractivity contribution >= 4 is 24.1 Å². The molecule has 0 bridgehead atoms. The minimum atomic E-state index is -0.171. The first kappa shape index (κ1) is 23.0. The summed E-state index contributed by atoms with van der Waals surface area (Å²) >= 11 is 0. The third-order valence-electron chi connectivity index (χ3n) is 6.09. The zero-order chi connectivity index (χ0) is 23.2. The molecule has 0 radical (unpaired) electrons. The van der Waals surface area contributed by atoms with Crippen LogP contribution in [-0.2, 0) is 11.2 Å². The monoisotopic (exact) mass is 454 g/mol. The van der Waals surface area contributed by atoms with E-state index in [4.69, 9.17) is 9.47 Å². The summed E-state index contributed by atoms with van der Waals surface area (Å²) in [4.78, 5) is 11.0. The number of hydrogen-bond donors (Lipinski definition) is 0. The Bertz CT molecular complexity index is 977. The second kappa shape index (κ2) is 10.6. The number of aromatic nitrogens is 1. The Balaban J connectivity index is 1.51. The lowest BCUT2D eigenvalue weighted by molar-refractivity contribution is 0.154. The van der Waals surface area contributed by atoms with Crippen molar-refractivity contribution in [3.8, 4) is 5.88 Å². The molecule has 1 aromatic heterocycles. The van der Waals surface area contributed by atoms with Gasteiger partial charge in [-0.05, 0) is 49.6 Å². The van der Waals surface area contributed by atoms with Gasteiger partial charge in [0.15, 0.2) is 0 Å². The summed E-state index contributed by atoms with van der Waals surface area (Å²) in [5.41, 5.74) is 3.10. The third kappa shape index (κ3) is 5.08. The molecule has 0 atom stereocenters. The van der Waals surface area contributed by atoms with Crippen LogP contribution in [0.3, 0.4) is 0 Å². The molecule has 1 fully saturated rings. The molecule has 9 heteroatoms. The highest BCUT2D eigenvalue weighted by Gasteiger charge is 2.37. The minimum absolute atomic E-state index is 0.171. The minimum Gasteiger partial charge on any atom is -0.481 e. The number of fused-ring (bicyclic) bond motifs is 1. The van der Waals surface area contributed by atoms with E-state index in [1.807, 2.05) is 30.0 Å². The number of methoxy groups -OCH3 is 1. The highest BCUT2D eigenvalue weighted by molar-refractivity contribution is 5.96. The number of guanidine groups is 1. The van der Waals surface area contributed by atoms with Crippen LogP contribution in [0.25, 0.3) is 0 Å². The Labute approximate surface area is 194 Å².